The van der Waals surface area contributed by atoms with Crippen LogP contribution in [-0.2, 0) is 4.74 Å². The molecule has 1 radical (unpaired) electrons. The molecule has 3 aromatic carbocycles. The van der Waals surface area contributed by atoms with Gasteiger partial charge in [-0.2, -0.15) is 0 Å². The van der Waals surface area contributed by atoms with Crippen LogP contribution < -0.4 is 4.74 Å². The van der Waals surface area contributed by atoms with Crippen molar-refractivity contribution in [1.82, 2.24) is 0 Å². The molecule has 3 heteroatoms. The van der Waals surface area contributed by atoms with E-state index in [4.69, 9.17) is 9.47 Å². The van der Waals surface area contributed by atoms with E-state index < -0.39 is 0 Å². The Morgan fingerprint density at radius 2 is 1.71 bits per heavy atom. The molecular weight excluding hydrogens is 300 g/mol. The van der Waals surface area contributed by atoms with Crippen molar-refractivity contribution in [3.63, 3.8) is 0 Å². The molecule has 0 fully saturated rings. The Labute approximate surface area is 141 Å². The third-order valence-electron chi connectivity index (χ3n) is 3.46. The Morgan fingerprint density at radius 1 is 0.958 bits per heavy atom. The second-order valence-corrected chi connectivity index (χ2v) is 5.15. The van der Waals surface area contributed by atoms with Crippen molar-refractivity contribution in [2.75, 3.05) is 6.61 Å². The van der Waals surface area contributed by atoms with Gasteiger partial charge in [-0.15, -0.1) is 0 Å². The lowest BCUT2D eigenvalue weighted by Gasteiger charge is -2.08. The monoisotopic (exact) mass is 317 g/mol. The average Bonchev–Trinajstić information content (AvgIpc) is 2.63. The first-order valence-corrected chi connectivity index (χ1v) is 7.78. The first kappa shape index (κ1) is 15.8. The number of ether oxygens (including phenoxy) is 2. The van der Waals surface area contributed by atoms with E-state index in [1.54, 1.807) is 19.1 Å². The average molecular weight is 317 g/mol. The molecule has 0 saturated heterocycles. The van der Waals surface area contributed by atoms with Gasteiger partial charge in [0.05, 0.1) is 12.2 Å². The van der Waals surface area contributed by atoms with E-state index in [1.165, 1.54) is 0 Å². The number of hydrogen-bond donors (Lipinski definition) is 0. The predicted octanol–water partition coefficient (Wildman–Crippen LogP) is 5.12. The fourth-order valence-corrected chi connectivity index (χ4v) is 2.30. The number of hydrogen-bond acceptors (Lipinski definition) is 3. The number of benzene rings is 3. The molecule has 0 atom stereocenters. The molecule has 119 valence electrons. The zero-order valence-electron chi connectivity index (χ0n) is 13.4. The van der Waals surface area contributed by atoms with Crippen molar-refractivity contribution in [2.24, 2.45) is 0 Å². The number of esters is 1. The van der Waals surface area contributed by atoms with Gasteiger partial charge in [-0.3, -0.25) is 0 Å². The molecule has 0 aromatic heterocycles. The molecule has 0 heterocycles. The van der Waals surface area contributed by atoms with Gasteiger partial charge in [-0.25, -0.2) is 4.79 Å². The van der Waals surface area contributed by atoms with E-state index in [1.807, 2.05) is 60.7 Å². The molecule has 0 aliphatic carbocycles. The lowest BCUT2D eigenvalue weighted by Crippen LogP contribution is -2.03. The molecule has 0 unspecified atom stereocenters. The number of rotatable bonds is 5. The highest BCUT2D eigenvalue weighted by molar-refractivity contribution is 5.90. The second-order valence-electron chi connectivity index (χ2n) is 5.15. The third-order valence-corrected chi connectivity index (χ3v) is 3.46. The maximum atomic E-state index is 11.7. The molecule has 3 rings (SSSR count). The molecule has 0 saturated carbocycles. The molecule has 3 nitrogen and oxygen atoms in total. The summed E-state index contributed by atoms with van der Waals surface area (Å²) in [6.45, 7) is 2.16. The van der Waals surface area contributed by atoms with Gasteiger partial charge in [0.15, 0.2) is 0 Å². The SMILES string of the molecule is CCOC(=O)c1ccc(-c2[c]ccc(Oc3ccccc3)c2)cc1. The molecule has 0 aliphatic rings. The van der Waals surface area contributed by atoms with Crippen molar-refractivity contribution in [3.8, 4) is 22.6 Å². The largest absolute Gasteiger partial charge is 0.462 e. The van der Waals surface area contributed by atoms with Crippen LogP contribution in [0.1, 0.15) is 17.3 Å². The van der Waals surface area contributed by atoms with Crippen LogP contribution in [0, 0.1) is 6.07 Å². The predicted molar refractivity (Wildman–Crippen MR) is 93.2 cm³/mol. The fourth-order valence-electron chi connectivity index (χ4n) is 2.30. The van der Waals surface area contributed by atoms with Crippen LogP contribution in [0.4, 0.5) is 0 Å². The van der Waals surface area contributed by atoms with Gasteiger partial charge in [0.25, 0.3) is 0 Å². The Balaban J connectivity index is 1.80. The van der Waals surface area contributed by atoms with E-state index in [0.29, 0.717) is 12.2 Å². The molecule has 3 aromatic rings. The molecule has 0 aliphatic heterocycles. The lowest BCUT2D eigenvalue weighted by molar-refractivity contribution is 0.0526. The summed E-state index contributed by atoms with van der Waals surface area (Å²) >= 11 is 0. The summed E-state index contributed by atoms with van der Waals surface area (Å²) in [7, 11) is 0. The van der Waals surface area contributed by atoms with Crippen LogP contribution in [0.3, 0.4) is 0 Å². The smallest absolute Gasteiger partial charge is 0.338 e. The number of para-hydroxylation sites is 1. The summed E-state index contributed by atoms with van der Waals surface area (Å²) in [5.41, 5.74) is 2.40. The summed E-state index contributed by atoms with van der Waals surface area (Å²) in [6.07, 6.45) is 0. The van der Waals surface area contributed by atoms with Crippen LogP contribution in [-0.4, -0.2) is 12.6 Å². The standard InChI is InChI=1S/C21H17O3/c1-2-23-21(22)17-13-11-16(12-14-17)18-7-6-10-20(15-18)24-19-8-4-3-5-9-19/h3-6,8-15H,2H2,1H3. The van der Waals surface area contributed by atoms with E-state index in [0.717, 1.165) is 22.6 Å². The van der Waals surface area contributed by atoms with Crippen molar-refractivity contribution in [2.45, 2.75) is 6.92 Å². The van der Waals surface area contributed by atoms with E-state index >= 15 is 0 Å². The first-order valence-electron chi connectivity index (χ1n) is 7.78. The Morgan fingerprint density at radius 3 is 2.42 bits per heavy atom. The molecule has 0 amide bonds. The number of carbonyl (C=O) groups excluding carboxylic acids is 1. The third kappa shape index (κ3) is 3.82. The van der Waals surface area contributed by atoms with Crippen LogP contribution in [0.15, 0.2) is 72.8 Å². The topological polar surface area (TPSA) is 35.5 Å². The lowest BCUT2D eigenvalue weighted by atomic mass is 10.0. The Kier molecular flexibility index (Phi) is 4.92. The van der Waals surface area contributed by atoms with Crippen molar-refractivity contribution in [1.29, 1.82) is 0 Å². The van der Waals surface area contributed by atoms with Gasteiger partial charge in [0, 0.05) is 0 Å². The van der Waals surface area contributed by atoms with Crippen LogP contribution in [0.25, 0.3) is 11.1 Å². The quantitative estimate of drug-likeness (QED) is 0.612. The van der Waals surface area contributed by atoms with Crippen LogP contribution >= 0.6 is 0 Å². The van der Waals surface area contributed by atoms with Gasteiger partial charge in [-0.1, -0.05) is 36.4 Å². The van der Waals surface area contributed by atoms with E-state index in [9.17, 15) is 4.79 Å². The Bertz CT molecular complexity index is 808. The zero-order valence-corrected chi connectivity index (χ0v) is 13.4. The van der Waals surface area contributed by atoms with Gasteiger partial charge in [0.2, 0.25) is 0 Å². The van der Waals surface area contributed by atoms with Gasteiger partial charge in [0.1, 0.15) is 11.5 Å². The maximum absolute atomic E-state index is 11.7. The maximum Gasteiger partial charge on any atom is 0.338 e. The summed E-state index contributed by atoms with van der Waals surface area (Å²) in [5.74, 6) is 1.21. The summed E-state index contributed by atoms with van der Waals surface area (Å²) in [4.78, 5) is 11.7. The minimum absolute atomic E-state index is 0.311. The first-order chi connectivity index (χ1) is 11.8. The highest BCUT2D eigenvalue weighted by Gasteiger charge is 2.07. The summed E-state index contributed by atoms with van der Waals surface area (Å²) in [5, 5.41) is 0. The van der Waals surface area contributed by atoms with Gasteiger partial charge >= 0.3 is 5.97 Å². The molecule has 24 heavy (non-hydrogen) atoms. The Hall–Kier alpha value is -3.07. The van der Waals surface area contributed by atoms with Crippen molar-refractivity contribution in [3.05, 3.63) is 84.4 Å². The van der Waals surface area contributed by atoms with Crippen LogP contribution in [0.5, 0.6) is 11.5 Å². The molecule has 0 spiro atoms. The second kappa shape index (κ2) is 7.47. The molecular formula is C21H17O3. The minimum atomic E-state index is -0.311. The number of carbonyl (C=O) groups is 1. The summed E-state index contributed by atoms with van der Waals surface area (Å²) < 4.78 is 10.8. The van der Waals surface area contributed by atoms with Crippen molar-refractivity contribution < 1.29 is 14.3 Å². The fraction of sp³-hybridized carbons (Fsp3) is 0.0952. The van der Waals surface area contributed by atoms with Gasteiger partial charge < -0.3 is 9.47 Å². The zero-order chi connectivity index (χ0) is 16.8. The normalized spacial score (nSPS) is 10.2. The molecule has 0 bridgehead atoms. The minimum Gasteiger partial charge on any atom is -0.462 e. The van der Waals surface area contributed by atoms with E-state index in [2.05, 4.69) is 6.07 Å². The van der Waals surface area contributed by atoms with Crippen molar-refractivity contribution >= 4 is 5.97 Å². The molecule has 0 N–H and O–H groups in total. The highest BCUT2D eigenvalue weighted by atomic mass is 16.5. The summed E-state index contributed by atoms with van der Waals surface area (Å²) in [6, 6.07) is 25.7. The highest BCUT2D eigenvalue weighted by Crippen LogP contribution is 2.27. The van der Waals surface area contributed by atoms with Gasteiger partial charge in [-0.05, 0) is 60.5 Å². The van der Waals surface area contributed by atoms with Crippen LogP contribution in [0.2, 0.25) is 0 Å². The van der Waals surface area contributed by atoms with E-state index in [-0.39, 0.29) is 5.97 Å².